The van der Waals surface area contributed by atoms with Gasteiger partial charge in [0.2, 0.25) is 0 Å². The van der Waals surface area contributed by atoms with Crippen molar-refractivity contribution in [3.8, 4) is 0 Å². The van der Waals surface area contributed by atoms with Gasteiger partial charge in [-0.05, 0) is 26.7 Å². The maximum atomic E-state index is 11.4. The van der Waals surface area contributed by atoms with Gasteiger partial charge < -0.3 is 18.9 Å². The maximum absolute atomic E-state index is 11.4. The fourth-order valence-electron chi connectivity index (χ4n) is 3.73. The minimum Gasteiger partial charge on any atom is -0.460 e. The van der Waals surface area contributed by atoms with Crippen molar-refractivity contribution in [2.24, 2.45) is 0 Å². The van der Waals surface area contributed by atoms with Gasteiger partial charge in [-0.25, -0.2) is 9.59 Å². The number of esters is 2. The van der Waals surface area contributed by atoms with Gasteiger partial charge in [0.1, 0.15) is 13.2 Å². The Morgan fingerprint density at radius 3 is 1.28 bits per heavy atom. The molecule has 1 rings (SSSR count). The van der Waals surface area contributed by atoms with E-state index in [1.165, 1.54) is 10.4 Å². The van der Waals surface area contributed by atoms with Crippen molar-refractivity contribution in [3.63, 3.8) is 0 Å². The van der Waals surface area contributed by atoms with E-state index in [-0.39, 0.29) is 25.2 Å². The van der Waals surface area contributed by atoms with Gasteiger partial charge in [-0.15, -0.1) is 0 Å². The summed E-state index contributed by atoms with van der Waals surface area (Å²) in [6, 6.07) is 11.6. The highest BCUT2D eigenvalue weighted by atomic mass is 28.3. The topological polar surface area (TPSA) is 71.1 Å². The average molecular weight is 535 g/mol. The fourth-order valence-corrected chi connectivity index (χ4v) is 8.50. The molecule has 1 aromatic carbocycles. The Balaban J connectivity index is 2.35. The monoisotopic (exact) mass is 534 g/mol. The second kappa shape index (κ2) is 16.0. The van der Waals surface area contributed by atoms with Gasteiger partial charge in [-0.2, -0.15) is 0 Å². The summed E-state index contributed by atoms with van der Waals surface area (Å²) < 4.78 is 21.4. The summed E-state index contributed by atoms with van der Waals surface area (Å²) in [4.78, 5) is 22.7. The van der Waals surface area contributed by atoms with Gasteiger partial charge in [-0.3, -0.25) is 0 Å². The molecule has 0 saturated heterocycles. The molecule has 202 valence electrons. The van der Waals surface area contributed by atoms with Crippen LogP contribution in [0.3, 0.4) is 0 Å². The van der Waals surface area contributed by atoms with E-state index < -0.39 is 16.1 Å². The van der Waals surface area contributed by atoms with Crippen molar-refractivity contribution in [3.05, 3.63) is 48.6 Å². The SMILES string of the molecule is C=C(C)C(=O)OCCOCCC[Si](C)(C)c1ccc([Si](C)(C)CCCOCCOC(=O)C(=C)C)cc1. The van der Waals surface area contributed by atoms with E-state index in [0.717, 1.165) is 24.9 Å². The third-order valence-electron chi connectivity index (χ3n) is 6.25. The highest BCUT2D eigenvalue weighted by Crippen LogP contribution is 2.15. The Morgan fingerprint density at radius 1 is 0.639 bits per heavy atom. The van der Waals surface area contributed by atoms with Crippen LogP contribution in [0.4, 0.5) is 0 Å². The third-order valence-corrected chi connectivity index (χ3v) is 13.2. The second-order valence-corrected chi connectivity index (χ2v) is 20.3. The molecular formula is C28H46O6Si2. The van der Waals surface area contributed by atoms with Gasteiger partial charge in [0.25, 0.3) is 0 Å². The zero-order valence-electron chi connectivity index (χ0n) is 23.2. The van der Waals surface area contributed by atoms with Crippen LogP contribution in [0.25, 0.3) is 0 Å². The molecule has 0 atom stereocenters. The van der Waals surface area contributed by atoms with E-state index in [2.05, 4.69) is 63.6 Å². The van der Waals surface area contributed by atoms with Crippen LogP contribution in [0.15, 0.2) is 48.6 Å². The van der Waals surface area contributed by atoms with E-state index in [1.807, 2.05) is 0 Å². The number of ether oxygens (including phenoxy) is 4. The minimum atomic E-state index is -1.54. The summed E-state index contributed by atoms with van der Waals surface area (Å²) in [6.45, 7) is 22.8. The van der Waals surface area contributed by atoms with Gasteiger partial charge in [-0.1, -0.05) is 86.1 Å². The molecule has 0 radical (unpaired) electrons. The molecule has 0 aliphatic carbocycles. The van der Waals surface area contributed by atoms with E-state index in [0.29, 0.717) is 37.6 Å². The van der Waals surface area contributed by atoms with Crippen LogP contribution < -0.4 is 10.4 Å². The van der Waals surface area contributed by atoms with E-state index in [1.54, 1.807) is 13.8 Å². The van der Waals surface area contributed by atoms with E-state index in [4.69, 9.17) is 18.9 Å². The molecule has 0 amide bonds. The van der Waals surface area contributed by atoms with Crippen LogP contribution in [-0.4, -0.2) is 67.7 Å². The molecule has 0 saturated carbocycles. The molecule has 0 bridgehead atoms. The lowest BCUT2D eigenvalue weighted by atomic mass is 10.4. The molecule has 0 spiro atoms. The molecule has 0 fully saturated rings. The lowest BCUT2D eigenvalue weighted by molar-refractivity contribution is -0.141. The van der Waals surface area contributed by atoms with Crippen molar-refractivity contribution in [2.75, 3.05) is 39.6 Å². The van der Waals surface area contributed by atoms with Crippen LogP contribution in [0.5, 0.6) is 0 Å². The number of rotatable bonds is 18. The van der Waals surface area contributed by atoms with E-state index in [9.17, 15) is 9.59 Å². The van der Waals surface area contributed by atoms with Gasteiger partial charge in [0.15, 0.2) is 0 Å². The molecule has 36 heavy (non-hydrogen) atoms. The molecular weight excluding hydrogens is 488 g/mol. The third kappa shape index (κ3) is 12.3. The molecule has 0 heterocycles. The molecule has 0 aliphatic rings. The molecule has 1 aromatic rings. The van der Waals surface area contributed by atoms with Crippen LogP contribution in [0, 0.1) is 0 Å². The van der Waals surface area contributed by atoms with Gasteiger partial charge in [0.05, 0.1) is 29.4 Å². The Kier molecular flexibility index (Phi) is 14.2. The van der Waals surface area contributed by atoms with Crippen molar-refractivity contribution in [1.29, 1.82) is 0 Å². The standard InChI is InChI=1S/C28H46O6Si2/c1-23(2)27(29)33-19-17-31-15-9-21-35(5,6)25-11-13-26(14-12-25)36(7,8)22-10-16-32-18-20-34-28(30)24(3)4/h11-14H,1,3,9-10,15-22H2,2,4-8H3. The van der Waals surface area contributed by atoms with Crippen LogP contribution in [-0.2, 0) is 28.5 Å². The smallest absolute Gasteiger partial charge is 0.333 e. The van der Waals surface area contributed by atoms with Crippen molar-refractivity contribution in [1.82, 2.24) is 0 Å². The Morgan fingerprint density at radius 2 is 0.972 bits per heavy atom. The van der Waals surface area contributed by atoms with Gasteiger partial charge >= 0.3 is 11.9 Å². The first kappa shape index (κ1) is 32.0. The predicted molar refractivity (Wildman–Crippen MR) is 153 cm³/mol. The summed E-state index contributed by atoms with van der Waals surface area (Å²) in [5, 5.41) is 2.94. The number of hydrogen-bond donors (Lipinski definition) is 0. The average Bonchev–Trinajstić information content (AvgIpc) is 2.82. The Hall–Kier alpha value is -2.01. The zero-order valence-corrected chi connectivity index (χ0v) is 25.2. The van der Waals surface area contributed by atoms with Crippen LogP contribution >= 0.6 is 0 Å². The Labute approximate surface area is 220 Å². The lowest BCUT2D eigenvalue weighted by Gasteiger charge is -2.26. The molecule has 8 heteroatoms. The number of carbonyl (C=O) groups is 2. The maximum Gasteiger partial charge on any atom is 0.333 e. The summed E-state index contributed by atoms with van der Waals surface area (Å²) in [5.74, 6) is -0.733. The first-order valence-electron chi connectivity index (χ1n) is 12.8. The second-order valence-electron chi connectivity index (χ2n) is 10.6. The molecule has 0 aliphatic heterocycles. The quantitative estimate of drug-likeness (QED) is 0.119. The molecule has 0 N–H and O–H groups in total. The van der Waals surface area contributed by atoms with Crippen LogP contribution in [0.1, 0.15) is 26.7 Å². The summed E-state index contributed by atoms with van der Waals surface area (Å²) in [5.41, 5.74) is 0.814. The molecule has 0 unspecified atom stereocenters. The molecule has 0 aromatic heterocycles. The fraction of sp³-hybridized carbons (Fsp3) is 0.571. The number of carbonyl (C=O) groups excluding carboxylic acids is 2. The first-order chi connectivity index (χ1) is 16.9. The van der Waals surface area contributed by atoms with Gasteiger partial charge in [0, 0.05) is 24.4 Å². The summed E-state index contributed by atoms with van der Waals surface area (Å²) >= 11 is 0. The predicted octanol–water partition coefficient (Wildman–Crippen LogP) is 4.57. The zero-order chi connectivity index (χ0) is 27.2. The van der Waals surface area contributed by atoms with Crippen molar-refractivity contribution < 1.29 is 28.5 Å². The highest BCUT2D eigenvalue weighted by molar-refractivity contribution is 6.91. The largest absolute Gasteiger partial charge is 0.460 e. The summed E-state index contributed by atoms with van der Waals surface area (Å²) in [7, 11) is -3.09. The number of benzene rings is 1. The van der Waals surface area contributed by atoms with Crippen molar-refractivity contribution >= 4 is 38.5 Å². The van der Waals surface area contributed by atoms with E-state index >= 15 is 0 Å². The minimum absolute atomic E-state index is 0.269. The first-order valence-corrected chi connectivity index (χ1v) is 19.2. The Bertz CT molecular complexity index is 790. The van der Waals surface area contributed by atoms with Crippen LogP contribution in [0.2, 0.25) is 38.3 Å². The number of hydrogen-bond acceptors (Lipinski definition) is 6. The normalized spacial score (nSPS) is 11.7. The van der Waals surface area contributed by atoms with Crippen molar-refractivity contribution in [2.45, 2.75) is 65.0 Å². The summed E-state index contributed by atoms with van der Waals surface area (Å²) in [6.07, 6.45) is 2.00. The molecule has 6 nitrogen and oxygen atoms in total. The highest BCUT2D eigenvalue weighted by Gasteiger charge is 2.26. The lowest BCUT2D eigenvalue weighted by Crippen LogP contribution is -2.45.